The van der Waals surface area contributed by atoms with Crippen molar-refractivity contribution in [3.63, 3.8) is 0 Å². The SMILES string of the molecule is CCCCCc1ccc(C(=O)Oc2ccc(NC(=O)c3cc(N)cc(N)c3)cc2NC(=O)OC(C)(C)C)cc1. The highest BCUT2D eigenvalue weighted by atomic mass is 16.6. The summed E-state index contributed by atoms with van der Waals surface area (Å²) in [6.07, 6.45) is 3.59. The number of esters is 1. The Morgan fingerprint density at radius 3 is 2.10 bits per heavy atom. The summed E-state index contributed by atoms with van der Waals surface area (Å²) in [5, 5.41) is 5.33. The van der Waals surface area contributed by atoms with E-state index >= 15 is 0 Å². The van der Waals surface area contributed by atoms with Gasteiger partial charge in [-0.3, -0.25) is 10.1 Å². The average Bonchev–Trinajstić information content (AvgIpc) is 2.84. The van der Waals surface area contributed by atoms with Crippen LogP contribution in [0, 0.1) is 0 Å². The van der Waals surface area contributed by atoms with Gasteiger partial charge in [0.1, 0.15) is 5.60 Å². The second-order valence-corrected chi connectivity index (χ2v) is 10.2. The topological polar surface area (TPSA) is 146 Å². The molecule has 3 aromatic rings. The molecule has 0 bridgehead atoms. The van der Waals surface area contributed by atoms with Gasteiger partial charge < -0.3 is 26.3 Å². The molecule has 0 heterocycles. The van der Waals surface area contributed by atoms with Crippen molar-refractivity contribution < 1.29 is 23.9 Å². The largest absolute Gasteiger partial charge is 0.444 e. The number of hydrogen-bond acceptors (Lipinski definition) is 7. The maximum absolute atomic E-state index is 12.9. The highest BCUT2D eigenvalue weighted by molar-refractivity contribution is 6.06. The van der Waals surface area contributed by atoms with Gasteiger partial charge in [-0.25, -0.2) is 9.59 Å². The molecule has 3 aromatic carbocycles. The van der Waals surface area contributed by atoms with Crippen LogP contribution < -0.4 is 26.8 Å². The van der Waals surface area contributed by atoms with Crippen LogP contribution in [0.4, 0.5) is 27.5 Å². The minimum atomic E-state index is -0.751. The fraction of sp³-hybridized carbons (Fsp3) is 0.300. The standard InChI is InChI=1S/C30H36N4O5/c1-5-6-7-8-19-9-11-20(12-10-19)28(36)38-26-14-13-24(18-25(26)34-29(37)39-30(2,3)4)33-27(35)21-15-22(31)17-23(32)16-21/h9-18H,5-8,31-32H2,1-4H3,(H,33,35)(H,34,37). The lowest BCUT2D eigenvalue weighted by Gasteiger charge is -2.20. The van der Waals surface area contributed by atoms with Crippen LogP contribution >= 0.6 is 0 Å². The van der Waals surface area contributed by atoms with Gasteiger partial charge in [-0.15, -0.1) is 0 Å². The van der Waals surface area contributed by atoms with Gasteiger partial charge in [0.15, 0.2) is 5.75 Å². The van der Waals surface area contributed by atoms with E-state index in [4.69, 9.17) is 20.9 Å². The summed E-state index contributed by atoms with van der Waals surface area (Å²) in [5.41, 5.74) is 13.8. The number of amides is 2. The van der Waals surface area contributed by atoms with Crippen molar-refractivity contribution in [2.24, 2.45) is 0 Å². The number of rotatable bonds is 9. The smallest absolute Gasteiger partial charge is 0.412 e. The fourth-order valence-corrected chi connectivity index (χ4v) is 3.76. The molecule has 6 N–H and O–H groups in total. The highest BCUT2D eigenvalue weighted by Crippen LogP contribution is 2.30. The van der Waals surface area contributed by atoms with Gasteiger partial charge >= 0.3 is 12.1 Å². The number of ether oxygens (including phenoxy) is 2. The number of benzene rings is 3. The van der Waals surface area contributed by atoms with E-state index in [1.165, 1.54) is 24.3 Å². The molecule has 9 nitrogen and oxygen atoms in total. The molecular formula is C30H36N4O5. The maximum atomic E-state index is 12.9. The molecule has 39 heavy (non-hydrogen) atoms. The van der Waals surface area contributed by atoms with E-state index in [0.717, 1.165) is 31.2 Å². The predicted molar refractivity (Wildman–Crippen MR) is 154 cm³/mol. The van der Waals surface area contributed by atoms with E-state index in [1.807, 2.05) is 12.1 Å². The quantitative estimate of drug-likeness (QED) is 0.108. The van der Waals surface area contributed by atoms with Crippen molar-refractivity contribution >= 4 is 40.7 Å². The zero-order valence-corrected chi connectivity index (χ0v) is 22.8. The molecule has 0 saturated heterocycles. The van der Waals surface area contributed by atoms with Gasteiger partial charge in [-0.2, -0.15) is 0 Å². The summed E-state index contributed by atoms with van der Waals surface area (Å²) >= 11 is 0. The zero-order chi connectivity index (χ0) is 28.6. The van der Waals surface area contributed by atoms with Crippen molar-refractivity contribution in [1.29, 1.82) is 0 Å². The summed E-state index contributed by atoms with van der Waals surface area (Å²) in [6.45, 7) is 7.34. The Bertz CT molecular complexity index is 1310. The molecule has 0 fully saturated rings. The van der Waals surface area contributed by atoms with Crippen LogP contribution in [0.1, 0.15) is 73.2 Å². The number of nitrogens with two attached hydrogens (primary N) is 2. The molecule has 9 heteroatoms. The molecule has 0 saturated carbocycles. The maximum Gasteiger partial charge on any atom is 0.412 e. The minimum Gasteiger partial charge on any atom is -0.444 e. The van der Waals surface area contributed by atoms with Crippen LogP contribution in [0.15, 0.2) is 60.7 Å². The zero-order valence-electron chi connectivity index (χ0n) is 22.8. The molecule has 0 atom stereocenters. The van der Waals surface area contributed by atoms with Gasteiger partial charge in [0.2, 0.25) is 0 Å². The molecule has 206 valence electrons. The molecular weight excluding hydrogens is 496 g/mol. The first-order valence-corrected chi connectivity index (χ1v) is 12.9. The van der Waals surface area contributed by atoms with Gasteiger partial charge in [0.25, 0.3) is 5.91 Å². The van der Waals surface area contributed by atoms with E-state index in [0.29, 0.717) is 22.6 Å². The highest BCUT2D eigenvalue weighted by Gasteiger charge is 2.20. The van der Waals surface area contributed by atoms with Crippen molar-refractivity contribution in [1.82, 2.24) is 0 Å². The molecule has 0 unspecified atom stereocenters. The van der Waals surface area contributed by atoms with Crippen molar-refractivity contribution in [3.05, 3.63) is 77.4 Å². The van der Waals surface area contributed by atoms with E-state index in [2.05, 4.69) is 17.6 Å². The third-order valence-corrected chi connectivity index (χ3v) is 5.57. The summed E-state index contributed by atoms with van der Waals surface area (Å²) < 4.78 is 11.0. The Hall–Kier alpha value is -4.53. The summed E-state index contributed by atoms with van der Waals surface area (Å²) in [5.74, 6) is -0.959. The van der Waals surface area contributed by atoms with Crippen LogP contribution in [-0.2, 0) is 11.2 Å². The average molecular weight is 533 g/mol. The first-order chi connectivity index (χ1) is 18.4. The monoisotopic (exact) mass is 532 g/mol. The molecule has 0 aromatic heterocycles. The lowest BCUT2D eigenvalue weighted by atomic mass is 10.1. The Labute approximate surface area is 228 Å². The number of nitrogen functional groups attached to an aromatic ring is 2. The number of aryl methyl sites for hydroxylation is 1. The molecule has 0 spiro atoms. The number of anilines is 4. The van der Waals surface area contributed by atoms with Crippen LogP contribution in [0.2, 0.25) is 0 Å². The summed E-state index contributed by atoms with van der Waals surface area (Å²) in [7, 11) is 0. The van der Waals surface area contributed by atoms with E-state index < -0.39 is 23.6 Å². The Morgan fingerprint density at radius 1 is 0.821 bits per heavy atom. The van der Waals surface area contributed by atoms with Gasteiger partial charge in [-0.05, 0) is 87.7 Å². The third kappa shape index (κ3) is 9.07. The lowest BCUT2D eigenvalue weighted by molar-refractivity contribution is 0.0630. The summed E-state index contributed by atoms with van der Waals surface area (Å²) in [6, 6.07) is 16.3. The fourth-order valence-electron chi connectivity index (χ4n) is 3.76. The second kappa shape index (κ2) is 12.8. The van der Waals surface area contributed by atoms with Crippen LogP contribution in [-0.4, -0.2) is 23.6 Å². The molecule has 0 aliphatic rings. The van der Waals surface area contributed by atoms with E-state index in [9.17, 15) is 14.4 Å². The number of hydrogen-bond donors (Lipinski definition) is 4. The van der Waals surface area contributed by atoms with Crippen LogP contribution in [0.5, 0.6) is 5.75 Å². The predicted octanol–water partition coefficient (Wildman–Crippen LogP) is 6.40. The molecule has 3 rings (SSSR count). The molecule has 0 aliphatic heterocycles. The number of carbonyl (C=O) groups is 3. The minimum absolute atomic E-state index is 0.0871. The van der Waals surface area contributed by atoms with Gasteiger partial charge in [-0.1, -0.05) is 31.9 Å². The second-order valence-electron chi connectivity index (χ2n) is 10.2. The molecule has 2 amide bonds. The number of carbonyl (C=O) groups excluding carboxylic acids is 3. The Balaban J connectivity index is 1.81. The van der Waals surface area contributed by atoms with Gasteiger partial charge in [0, 0.05) is 22.6 Å². The van der Waals surface area contributed by atoms with Crippen molar-refractivity contribution in [2.45, 2.75) is 59.0 Å². The Morgan fingerprint density at radius 2 is 1.49 bits per heavy atom. The van der Waals surface area contributed by atoms with Crippen LogP contribution in [0.3, 0.4) is 0 Å². The number of unbranched alkanes of at least 4 members (excludes halogenated alkanes) is 2. The van der Waals surface area contributed by atoms with E-state index in [-0.39, 0.29) is 17.0 Å². The first kappa shape index (κ1) is 29.0. The van der Waals surface area contributed by atoms with Crippen LogP contribution in [0.25, 0.3) is 0 Å². The summed E-state index contributed by atoms with van der Waals surface area (Å²) in [4.78, 5) is 38.2. The third-order valence-electron chi connectivity index (χ3n) is 5.57. The molecule has 0 aliphatic carbocycles. The van der Waals surface area contributed by atoms with Gasteiger partial charge in [0.05, 0.1) is 11.3 Å². The molecule has 0 radical (unpaired) electrons. The lowest BCUT2D eigenvalue weighted by Crippen LogP contribution is -2.27. The number of nitrogens with one attached hydrogen (secondary N) is 2. The first-order valence-electron chi connectivity index (χ1n) is 12.9. The normalized spacial score (nSPS) is 11.0. The Kier molecular flexibility index (Phi) is 9.54. The van der Waals surface area contributed by atoms with Crippen molar-refractivity contribution in [3.8, 4) is 5.75 Å². The van der Waals surface area contributed by atoms with Crippen molar-refractivity contribution in [2.75, 3.05) is 22.1 Å². The van der Waals surface area contributed by atoms with E-state index in [1.54, 1.807) is 45.0 Å².